The third-order valence-electron chi connectivity index (χ3n) is 3.83. The summed E-state index contributed by atoms with van der Waals surface area (Å²) in [6.07, 6.45) is -1.50. The summed E-state index contributed by atoms with van der Waals surface area (Å²) in [5, 5.41) is 19.8. The Morgan fingerprint density at radius 1 is 1.30 bits per heavy atom. The lowest BCUT2D eigenvalue weighted by Gasteiger charge is -2.35. The lowest BCUT2D eigenvalue weighted by Crippen LogP contribution is -2.55. The average Bonchev–Trinajstić information content (AvgIpc) is 2.76. The zero-order chi connectivity index (χ0) is 17.3. The van der Waals surface area contributed by atoms with Gasteiger partial charge in [-0.05, 0) is 26.3 Å². The largest absolute Gasteiger partial charge is 0.479 e. The van der Waals surface area contributed by atoms with E-state index in [1.54, 1.807) is 20.8 Å². The highest BCUT2D eigenvalue weighted by molar-refractivity contribution is 5.86. The Morgan fingerprint density at radius 2 is 1.91 bits per heavy atom. The number of carbonyl (C=O) groups is 2. The molecular weight excluding hydrogens is 298 g/mol. The smallest absolute Gasteiger partial charge is 0.411 e. The Kier molecular flexibility index (Phi) is 4.66. The second-order valence-electron chi connectivity index (χ2n) is 6.95. The van der Waals surface area contributed by atoms with Crippen LogP contribution in [0.2, 0.25) is 0 Å². The third kappa shape index (κ3) is 3.82. The summed E-state index contributed by atoms with van der Waals surface area (Å²) in [6, 6.07) is 9.08. The van der Waals surface area contributed by atoms with E-state index in [1.165, 1.54) is 0 Å². The van der Waals surface area contributed by atoms with Gasteiger partial charge < -0.3 is 14.9 Å². The monoisotopic (exact) mass is 321 g/mol. The summed E-state index contributed by atoms with van der Waals surface area (Å²) in [7, 11) is 0. The first-order valence-corrected chi connectivity index (χ1v) is 7.60. The second-order valence-corrected chi connectivity index (χ2v) is 6.95. The third-order valence-corrected chi connectivity index (χ3v) is 3.83. The van der Waals surface area contributed by atoms with Gasteiger partial charge in [-0.3, -0.25) is 4.90 Å². The summed E-state index contributed by atoms with van der Waals surface area (Å²) >= 11 is 0. The number of carboxylic acids is 1. The van der Waals surface area contributed by atoms with Crippen LogP contribution in [0.1, 0.15) is 32.8 Å². The van der Waals surface area contributed by atoms with E-state index in [4.69, 9.17) is 4.74 Å². The molecule has 2 rings (SSSR count). The van der Waals surface area contributed by atoms with Gasteiger partial charge in [0, 0.05) is 12.8 Å². The standard InChI is InChI=1S/C17H23NO5/c1-16(2,3)23-15(22)18-11-13(19)10-17(18,14(20)21)9-12-7-5-4-6-8-12/h4-8,13,19H,9-11H2,1-3H3,(H,20,21)/t13?,17-/m0/s1. The van der Waals surface area contributed by atoms with Gasteiger partial charge in [0.05, 0.1) is 12.6 Å². The number of aliphatic carboxylic acids is 1. The van der Waals surface area contributed by atoms with E-state index in [1.807, 2.05) is 30.3 Å². The van der Waals surface area contributed by atoms with Crippen LogP contribution >= 0.6 is 0 Å². The van der Waals surface area contributed by atoms with E-state index in [0.29, 0.717) is 0 Å². The molecule has 0 bridgehead atoms. The first kappa shape index (κ1) is 17.3. The number of nitrogens with zero attached hydrogens (tertiary/aromatic N) is 1. The normalized spacial score (nSPS) is 24.5. The Balaban J connectivity index is 2.34. The van der Waals surface area contributed by atoms with Crippen LogP contribution in [-0.2, 0) is 16.0 Å². The zero-order valence-corrected chi connectivity index (χ0v) is 13.7. The van der Waals surface area contributed by atoms with E-state index in [2.05, 4.69) is 0 Å². The van der Waals surface area contributed by atoms with Crippen LogP contribution in [0.5, 0.6) is 0 Å². The molecule has 0 aromatic heterocycles. The van der Waals surface area contributed by atoms with E-state index in [0.717, 1.165) is 10.5 Å². The Hall–Kier alpha value is -2.08. The van der Waals surface area contributed by atoms with Crippen molar-refractivity contribution in [3.05, 3.63) is 35.9 Å². The van der Waals surface area contributed by atoms with Crippen molar-refractivity contribution in [2.24, 2.45) is 0 Å². The molecule has 0 saturated carbocycles. The quantitative estimate of drug-likeness (QED) is 0.890. The SMILES string of the molecule is CC(C)(C)OC(=O)N1CC(O)C[C@@]1(Cc1ccccc1)C(=O)O. The molecule has 1 amide bonds. The maximum absolute atomic E-state index is 12.4. The fourth-order valence-corrected chi connectivity index (χ4v) is 2.90. The highest BCUT2D eigenvalue weighted by Crippen LogP contribution is 2.34. The number of amides is 1. The first-order valence-electron chi connectivity index (χ1n) is 7.60. The number of hydrogen-bond acceptors (Lipinski definition) is 4. The van der Waals surface area contributed by atoms with Gasteiger partial charge in [0.2, 0.25) is 0 Å². The van der Waals surface area contributed by atoms with Crippen LogP contribution < -0.4 is 0 Å². The van der Waals surface area contributed by atoms with Gasteiger partial charge in [-0.15, -0.1) is 0 Å². The second kappa shape index (κ2) is 6.20. The van der Waals surface area contributed by atoms with Crippen molar-refractivity contribution in [2.45, 2.75) is 50.9 Å². The number of carbonyl (C=O) groups excluding carboxylic acids is 1. The van der Waals surface area contributed by atoms with Gasteiger partial charge in [0.15, 0.2) is 0 Å². The molecule has 1 aromatic rings. The molecular formula is C17H23NO5. The molecule has 1 aromatic carbocycles. The molecule has 0 aliphatic carbocycles. The van der Waals surface area contributed by atoms with Crippen molar-refractivity contribution in [1.29, 1.82) is 0 Å². The molecule has 1 aliphatic rings. The van der Waals surface area contributed by atoms with Crippen molar-refractivity contribution in [3.8, 4) is 0 Å². The highest BCUT2D eigenvalue weighted by atomic mass is 16.6. The highest BCUT2D eigenvalue weighted by Gasteiger charge is 2.54. The van der Waals surface area contributed by atoms with Crippen LogP contribution in [0.4, 0.5) is 4.79 Å². The molecule has 1 heterocycles. The Bertz CT molecular complexity index is 580. The first-order chi connectivity index (χ1) is 10.6. The van der Waals surface area contributed by atoms with Crippen LogP contribution in [0.25, 0.3) is 0 Å². The van der Waals surface area contributed by atoms with Crippen LogP contribution in [0, 0.1) is 0 Å². The molecule has 2 atom stereocenters. The Labute approximate surface area is 135 Å². The van der Waals surface area contributed by atoms with Gasteiger partial charge in [0.1, 0.15) is 11.1 Å². The average molecular weight is 321 g/mol. The maximum atomic E-state index is 12.4. The number of ether oxygens (including phenoxy) is 1. The van der Waals surface area contributed by atoms with Gasteiger partial charge in [-0.2, -0.15) is 0 Å². The van der Waals surface area contributed by atoms with Crippen LogP contribution in [0.15, 0.2) is 30.3 Å². The number of carboxylic acid groups (broad SMARTS) is 1. The minimum Gasteiger partial charge on any atom is -0.479 e. The van der Waals surface area contributed by atoms with E-state index < -0.39 is 29.3 Å². The van der Waals surface area contributed by atoms with Gasteiger partial charge >= 0.3 is 12.1 Å². The predicted octanol–water partition coefficient (Wildman–Crippen LogP) is 2.05. The lowest BCUT2D eigenvalue weighted by atomic mass is 9.88. The summed E-state index contributed by atoms with van der Waals surface area (Å²) in [5.41, 5.74) is -1.44. The fourth-order valence-electron chi connectivity index (χ4n) is 2.90. The lowest BCUT2D eigenvalue weighted by molar-refractivity contribution is -0.149. The molecule has 0 spiro atoms. The van der Waals surface area contributed by atoms with Crippen molar-refractivity contribution in [1.82, 2.24) is 4.90 Å². The molecule has 1 unspecified atom stereocenters. The maximum Gasteiger partial charge on any atom is 0.411 e. The molecule has 126 valence electrons. The van der Waals surface area contributed by atoms with E-state index in [-0.39, 0.29) is 19.4 Å². The van der Waals surface area contributed by atoms with Gasteiger partial charge in [-0.25, -0.2) is 9.59 Å². The van der Waals surface area contributed by atoms with Crippen molar-refractivity contribution >= 4 is 12.1 Å². The van der Waals surface area contributed by atoms with Gasteiger partial charge in [0.25, 0.3) is 0 Å². The number of likely N-dealkylation sites (tertiary alicyclic amines) is 1. The van der Waals surface area contributed by atoms with Crippen LogP contribution in [-0.4, -0.2) is 51.0 Å². The van der Waals surface area contributed by atoms with Crippen molar-refractivity contribution in [2.75, 3.05) is 6.54 Å². The molecule has 1 saturated heterocycles. The molecule has 1 aliphatic heterocycles. The number of rotatable bonds is 3. The minimum absolute atomic E-state index is 0.0174. The fraction of sp³-hybridized carbons (Fsp3) is 0.529. The molecule has 1 fully saturated rings. The number of aliphatic hydroxyl groups excluding tert-OH is 1. The van der Waals surface area contributed by atoms with Crippen molar-refractivity contribution in [3.63, 3.8) is 0 Å². The van der Waals surface area contributed by atoms with Crippen LogP contribution in [0.3, 0.4) is 0 Å². The molecule has 23 heavy (non-hydrogen) atoms. The summed E-state index contributed by atoms with van der Waals surface area (Å²) < 4.78 is 5.33. The Morgan fingerprint density at radius 3 is 2.43 bits per heavy atom. The van der Waals surface area contributed by atoms with Gasteiger partial charge in [-0.1, -0.05) is 30.3 Å². The molecule has 6 nitrogen and oxygen atoms in total. The number of β-amino-alcohol motifs (C(OH)–C–C–N with tert-alkyl or cyclic N) is 1. The summed E-state index contributed by atoms with van der Waals surface area (Å²) in [4.78, 5) is 25.6. The number of benzene rings is 1. The van der Waals surface area contributed by atoms with Crippen molar-refractivity contribution < 1.29 is 24.5 Å². The molecule has 2 N–H and O–H groups in total. The number of aliphatic hydroxyl groups is 1. The number of hydrogen-bond donors (Lipinski definition) is 2. The summed E-state index contributed by atoms with van der Waals surface area (Å²) in [5.74, 6) is -1.14. The molecule has 0 radical (unpaired) electrons. The zero-order valence-electron chi connectivity index (χ0n) is 13.7. The molecule has 6 heteroatoms. The minimum atomic E-state index is -1.50. The van der Waals surface area contributed by atoms with E-state index >= 15 is 0 Å². The predicted molar refractivity (Wildman–Crippen MR) is 84.1 cm³/mol. The summed E-state index contributed by atoms with van der Waals surface area (Å²) in [6.45, 7) is 5.11. The topological polar surface area (TPSA) is 87.1 Å². The van der Waals surface area contributed by atoms with E-state index in [9.17, 15) is 19.8 Å².